The summed E-state index contributed by atoms with van der Waals surface area (Å²) in [5, 5.41) is 3.14. The highest BCUT2D eigenvalue weighted by Gasteiger charge is 2.34. The van der Waals surface area contributed by atoms with Crippen LogP contribution < -0.4 is 9.62 Å². The highest BCUT2D eigenvalue weighted by Crippen LogP contribution is 2.26. The third kappa shape index (κ3) is 7.10. The Morgan fingerprint density at radius 1 is 0.875 bits per heavy atom. The van der Waals surface area contributed by atoms with Crippen molar-refractivity contribution in [2.75, 3.05) is 10.8 Å². The number of sulfonamides is 1. The number of carbonyl (C=O) groups excluding carboxylic acids is 2. The van der Waals surface area contributed by atoms with Crippen molar-refractivity contribution < 1.29 is 18.0 Å². The second kappa shape index (κ2) is 13.1. The molecule has 8 heteroatoms. The second-order valence-electron chi connectivity index (χ2n) is 10.6. The fourth-order valence-electron chi connectivity index (χ4n) is 5.14. The van der Waals surface area contributed by atoms with Gasteiger partial charge in [-0.1, -0.05) is 85.5 Å². The van der Waals surface area contributed by atoms with Gasteiger partial charge in [0.1, 0.15) is 12.6 Å². The fraction of sp³-hybridized carbons (Fsp3) is 0.375. The molecule has 1 aliphatic rings. The summed E-state index contributed by atoms with van der Waals surface area (Å²) >= 11 is 0. The van der Waals surface area contributed by atoms with E-state index in [1.54, 1.807) is 36.4 Å². The molecule has 1 saturated carbocycles. The fourth-order valence-corrected chi connectivity index (χ4v) is 6.56. The summed E-state index contributed by atoms with van der Waals surface area (Å²) in [6.45, 7) is 5.46. The van der Waals surface area contributed by atoms with Gasteiger partial charge in [-0.2, -0.15) is 0 Å². The normalized spacial score (nSPS) is 14.5. The van der Waals surface area contributed by atoms with E-state index in [9.17, 15) is 18.0 Å². The molecule has 0 aliphatic heterocycles. The first-order chi connectivity index (χ1) is 19.2. The van der Waals surface area contributed by atoms with Gasteiger partial charge in [0.15, 0.2) is 0 Å². The van der Waals surface area contributed by atoms with E-state index in [0.717, 1.165) is 46.7 Å². The lowest BCUT2D eigenvalue weighted by molar-refractivity contribution is -0.140. The Labute approximate surface area is 238 Å². The van der Waals surface area contributed by atoms with Crippen LogP contribution in [-0.2, 0) is 26.2 Å². The van der Waals surface area contributed by atoms with E-state index in [-0.39, 0.29) is 23.4 Å². The third-order valence-electron chi connectivity index (χ3n) is 7.49. The highest BCUT2D eigenvalue weighted by molar-refractivity contribution is 7.92. The molecule has 1 fully saturated rings. The van der Waals surface area contributed by atoms with Crippen LogP contribution in [0.4, 0.5) is 5.69 Å². The van der Waals surface area contributed by atoms with Gasteiger partial charge in [-0.3, -0.25) is 13.9 Å². The van der Waals surface area contributed by atoms with Crippen LogP contribution in [0.2, 0.25) is 0 Å². The lowest BCUT2D eigenvalue weighted by atomic mass is 10.1. The predicted octanol–water partition coefficient (Wildman–Crippen LogP) is 5.36. The van der Waals surface area contributed by atoms with Crippen molar-refractivity contribution in [2.45, 2.75) is 76.4 Å². The van der Waals surface area contributed by atoms with E-state index in [2.05, 4.69) is 5.32 Å². The van der Waals surface area contributed by atoms with Gasteiger partial charge in [-0.25, -0.2) is 8.42 Å². The van der Waals surface area contributed by atoms with E-state index < -0.39 is 28.5 Å². The quantitative estimate of drug-likeness (QED) is 0.341. The maximum absolute atomic E-state index is 14.1. The van der Waals surface area contributed by atoms with Crippen LogP contribution in [0.25, 0.3) is 0 Å². The molecule has 0 radical (unpaired) electrons. The first-order valence-electron chi connectivity index (χ1n) is 14.0. The molecule has 1 atom stereocenters. The molecule has 212 valence electrons. The van der Waals surface area contributed by atoms with E-state index in [1.165, 1.54) is 4.90 Å². The molecule has 0 aromatic heterocycles. The van der Waals surface area contributed by atoms with Crippen molar-refractivity contribution >= 4 is 27.5 Å². The van der Waals surface area contributed by atoms with Crippen LogP contribution in [0.3, 0.4) is 0 Å². The molecule has 0 heterocycles. The lowest BCUT2D eigenvalue weighted by Gasteiger charge is -2.33. The average Bonchev–Trinajstić information content (AvgIpc) is 3.46. The Morgan fingerprint density at radius 2 is 1.45 bits per heavy atom. The molecule has 1 N–H and O–H groups in total. The van der Waals surface area contributed by atoms with Crippen LogP contribution in [0.15, 0.2) is 83.8 Å². The minimum absolute atomic E-state index is 0.104. The number of rotatable bonds is 11. The molecule has 2 amide bonds. The van der Waals surface area contributed by atoms with Gasteiger partial charge in [0.25, 0.3) is 10.0 Å². The van der Waals surface area contributed by atoms with E-state index in [4.69, 9.17) is 0 Å². The molecule has 3 aromatic carbocycles. The standard InChI is InChI=1S/C32H39N3O4S/c1-4-30(32(37)33-27-12-8-9-13-27)34(22-26-10-6-5-7-11-26)31(36)23-35(28-18-14-24(2)15-19-28)40(38,39)29-20-16-25(3)17-21-29/h5-7,10-11,14-21,27,30H,4,8-9,12-13,22-23H2,1-3H3,(H,33,37)/t30-/m1/s1. The summed E-state index contributed by atoms with van der Waals surface area (Å²) in [5.41, 5.74) is 3.17. The zero-order valence-corrected chi connectivity index (χ0v) is 24.4. The zero-order chi connectivity index (χ0) is 28.7. The molecule has 7 nitrogen and oxygen atoms in total. The average molecular weight is 562 g/mol. The lowest BCUT2D eigenvalue weighted by Crippen LogP contribution is -2.53. The largest absolute Gasteiger partial charge is 0.352 e. The van der Waals surface area contributed by atoms with Gasteiger partial charge in [-0.05, 0) is 62.9 Å². The van der Waals surface area contributed by atoms with Gasteiger partial charge in [0.05, 0.1) is 10.6 Å². The molecular formula is C32H39N3O4S. The maximum atomic E-state index is 14.1. The van der Waals surface area contributed by atoms with Crippen LogP contribution in [0.1, 0.15) is 55.7 Å². The summed E-state index contributed by atoms with van der Waals surface area (Å²) < 4.78 is 29.0. The molecular weight excluding hydrogens is 522 g/mol. The smallest absolute Gasteiger partial charge is 0.264 e. The van der Waals surface area contributed by atoms with Gasteiger partial charge < -0.3 is 10.2 Å². The van der Waals surface area contributed by atoms with Crippen LogP contribution in [0.5, 0.6) is 0 Å². The van der Waals surface area contributed by atoms with Crippen molar-refractivity contribution in [3.8, 4) is 0 Å². The number of hydrogen-bond donors (Lipinski definition) is 1. The molecule has 3 aromatic rings. The van der Waals surface area contributed by atoms with Crippen LogP contribution in [-0.4, -0.2) is 43.8 Å². The number of hydrogen-bond acceptors (Lipinski definition) is 4. The Morgan fingerprint density at radius 3 is 2.02 bits per heavy atom. The van der Waals surface area contributed by atoms with Gasteiger partial charge in [-0.15, -0.1) is 0 Å². The van der Waals surface area contributed by atoms with E-state index in [0.29, 0.717) is 12.1 Å². The first kappa shape index (κ1) is 29.3. The third-order valence-corrected chi connectivity index (χ3v) is 9.28. The molecule has 40 heavy (non-hydrogen) atoms. The molecule has 4 rings (SSSR count). The summed E-state index contributed by atoms with van der Waals surface area (Å²) in [4.78, 5) is 29.2. The van der Waals surface area contributed by atoms with E-state index >= 15 is 0 Å². The monoisotopic (exact) mass is 561 g/mol. The van der Waals surface area contributed by atoms with Crippen molar-refractivity contribution in [3.63, 3.8) is 0 Å². The molecule has 0 unspecified atom stereocenters. The molecule has 0 spiro atoms. The van der Waals surface area contributed by atoms with Gasteiger partial charge >= 0.3 is 0 Å². The zero-order valence-electron chi connectivity index (χ0n) is 23.5. The number of nitrogens with one attached hydrogen (secondary N) is 1. The molecule has 0 saturated heterocycles. The van der Waals surface area contributed by atoms with Crippen molar-refractivity contribution in [3.05, 3.63) is 95.6 Å². The predicted molar refractivity (Wildman–Crippen MR) is 158 cm³/mol. The number of anilines is 1. The van der Waals surface area contributed by atoms with Crippen LogP contribution in [0, 0.1) is 13.8 Å². The highest BCUT2D eigenvalue weighted by atomic mass is 32.2. The Hall–Kier alpha value is -3.65. The number of aryl methyl sites for hydroxylation is 2. The summed E-state index contributed by atoms with van der Waals surface area (Å²) in [6.07, 6.45) is 4.44. The number of amides is 2. The Balaban J connectivity index is 1.69. The Kier molecular flexibility index (Phi) is 9.63. The van der Waals surface area contributed by atoms with Crippen molar-refractivity contribution in [2.24, 2.45) is 0 Å². The van der Waals surface area contributed by atoms with Crippen molar-refractivity contribution in [1.82, 2.24) is 10.2 Å². The summed E-state index contributed by atoms with van der Waals surface area (Å²) in [7, 11) is -4.07. The van der Waals surface area contributed by atoms with E-state index in [1.807, 2.05) is 63.2 Å². The minimum Gasteiger partial charge on any atom is -0.352 e. The number of nitrogens with zero attached hydrogens (tertiary/aromatic N) is 2. The number of carbonyl (C=O) groups is 2. The maximum Gasteiger partial charge on any atom is 0.264 e. The first-order valence-corrected chi connectivity index (χ1v) is 15.4. The second-order valence-corrected chi connectivity index (χ2v) is 12.4. The SMILES string of the molecule is CC[C@H](C(=O)NC1CCCC1)N(Cc1ccccc1)C(=O)CN(c1ccc(C)cc1)S(=O)(=O)c1ccc(C)cc1. The minimum atomic E-state index is -4.07. The summed E-state index contributed by atoms with van der Waals surface area (Å²) in [6, 6.07) is 22.5. The van der Waals surface area contributed by atoms with Crippen LogP contribution >= 0.6 is 0 Å². The topological polar surface area (TPSA) is 86.8 Å². The van der Waals surface area contributed by atoms with Gasteiger partial charge in [0, 0.05) is 12.6 Å². The Bertz CT molecular complexity index is 1380. The molecule has 0 bridgehead atoms. The number of benzene rings is 3. The molecule has 1 aliphatic carbocycles. The summed E-state index contributed by atoms with van der Waals surface area (Å²) in [5.74, 6) is -0.629. The van der Waals surface area contributed by atoms with Crippen molar-refractivity contribution in [1.29, 1.82) is 0 Å². The van der Waals surface area contributed by atoms with Gasteiger partial charge in [0.2, 0.25) is 11.8 Å².